The fraction of sp³-hybridized carbons (Fsp3) is 0.500. The highest BCUT2D eigenvalue weighted by atomic mass is 32.1. The molecule has 1 aliphatic rings. The van der Waals surface area contributed by atoms with Crippen molar-refractivity contribution in [2.75, 3.05) is 6.54 Å². The van der Waals surface area contributed by atoms with Crippen LogP contribution >= 0.6 is 11.3 Å². The van der Waals surface area contributed by atoms with E-state index < -0.39 is 0 Å². The average Bonchev–Trinajstić information content (AvgIpc) is 2.97. The van der Waals surface area contributed by atoms with E-state index in [-0.39, 0.29) is 6.04 Å². The lowest BCUT2D eigenvalue weighted by Crippen LogP contribution is -2.30. The highest BCUT2D eigenvalue weighted by molar-refractivity contribution is 7.10. The van der Waals surface area contributed by atoms with Gasteiger partial charge in [0.15, 0.2) is 5.82 Å². The van der Waals surface area contributed by atoms with Crippen molar-refractivity contribution in [2.45, 2.75) is 32.2 Å². The van der Waals surface area contributed by atoms with Gasteiger partial charge in [-0.1, -0.05) is 13.8 Å². The van der Waals surface area contributed by atoms with Gasteiger partial charge in [0.05, 0.1) is 6.04 Å². The molecular formula is C12H16N4S. The second kappa shape index (κ2) is 4.23. The molecule has 1 aliphatic heterocycles. The molecule has 17 heavy (non-hydrogen) atoms. The van der Waals surface area contributed by atoms with Gasteiger partial charge < -0.3 is 5.32 Å². The van der Waals surface area contributed by atoms with Crippen molar-refractivity contribution in [1.82, 2.24) is 20.5 Å². The molecule has 0 saturated heterocycles. The molecule has 0 fully saturated rings. The minimum Gasteiger partial charge on any atom is -0.303 e. The highest BCUT2D eigenvalue weighted by Crippen LogP contribution is 2.30. The number of H-pyrrole nitrogens is 1. The second-order valence-electron chi connectivity index (χ2n) is 4.67. The molecule has 0 aliphatic carbocycles. The average molecular weight is 248 g/mol. The van der Waals surface area contributed by atoms with E-state index in [9.17, 15) is 0 Å². The Morgan fingerprint density at radius 3 is 3.12 bits per heavy atom. The van der Waals surface area contributed by atoms with E-state index in [1.54, 1.807) is 0 Å². The molecule has 3 rings (SSSR count). The van der Waals surface area contributed by atoms with Crippen molar-refractivity contribution in [3.8, 4) is 0 Å². The fourth-order valence-corrected chi connectivity index (χ4v) is 3.09. The molecule has 0 bridgehead atoms. The van der Waals surface area contributed by atoms with Gasteiger partial charge in [-0.05, 0) is 23.4 Å². The van der Waals surface area contributed by atoms with Gasteiger partial charge in [0.1, 0.15) is 5.82 Å². The Hall–Kier alpha value is -1.20. The Morgan fingerprint density at radius 1 is 1.47 bits per heavy atom. The Balaban J connectivity index is 1.95. The lowest BCUT2D eigenvalue weighted by atomic mass is 10.0. The zero-order valence-electron chi connectivity index (χ0n) is 10.0. The first-order chi connectivity index (χ1) is 8.25. The van der Waals surface area contributed by atoms with Crippen molar-refractivity contribution in [1.29, 1.82) is 0 Å². The van der Waals surface area contributed by atoms with Crippen LogP contribution in [0.3, 0.4) is 0 Å². The van der Waals surface area contributed by atoms with Crippen LogP contribution in [-0.4, -0.2) is 21.7 Å². The second-order valence-corrected chi connectivity index (χ2v) is 5.67. The largest absolute Gasteiger partial charge is 0.303 e. The molecule has 2 aromatic rings. The zero-order valence-corrected chi connectivity index (χ0v) is 10.8. The van der Waals surface area contributed by atoms with Crippen molar-refractivity contribution in [3.63, 3.8) is 0 Å². The standard InChI is InChI=1S/C12H16N4S/c1-7(2)11-14-12(16-15-11)10-8-4-6-17-9(8)3-5-13-10/h4,6-7,10,13H,3,5H2,1-2H3,(H,14,15,16). The number of fused-ring (bicyclic) bond motifs is 1. The molecule has 1 atom stereocenters. The Labute approximate surface area is 104 Å². The molecule has 3 heterocycles. The molecule has 0 spiro atoms. The van der Waals surface area contributed by atoms with Gasteiger partial charge in [-0.25, -0.2) is 4.98 Å². The number of aromatic amines is 1. The number of nitrogens with zero attached hydrogens (tertiary/aromatic N) is 2. The van der Waals surface area contributed by atoms with Gasteiger partial charge >= 0.3 is 0 Å². The monoisotopic (exact) mass is 248 g/mol. The summed E-state index contributed by atoms with van der Waals surface area (Å²) < 4.78 is 0. The van der Waals surface area contributed by atoms with E-state index in [1.165, 1.54) is 10.4 Å². The van der Waals surface area contributed by atoms with Crippen LogP contribution in [0, 0.1) is 0 Å². The van der Waals surface area contributed by atoms with E-state index in [1.807, 2.05) is 11.3 Å². The molecule has 90 valence electrons. The van der Waals surface area contributed by atoms with E-state index in [2.05, 4.69) is 45.8 Å². The van der Waals surface area contributed by atoms with Gasteiger partial charge in [-0.2, -0.15) is 5.10 Å². The van der Waals surface area contributed by atoms with Crippen molar-refractivity contribution in [2.24, 2.45) is 0 Å². The topological polar surface area (TPSA) is 53.6 Å². The number of thiophene rings is 1. The predicted octanol–water partition coefficient (Wildman–Crippen LogP) is 2.22. The van der Waals surface area contributed by atoms with Gasteiger partial charge in [-0.15, -0.1) is 11.3 Å². The van der Waals surface area contributed by atoms with E-state index in [4.69, 9.17) is 0 Å². The third kappa shape index (κ3) is 1.89. The maximum Gasteiger partial charge on any atom is 0.153 e. The van der Waals surface area contributed by atoms with Crippen LogP contribution in [0.2, 0.25) is 0 Å². The molecule has 0 saturated carbocycles. The van der Waals surface area contributed by atoms with Crippen molar-refractivity contribution >= 4 is 11.3 Å². The molecule has 0 aromatic carbocycles. The van der Waals surface area contributed by atoms with Crippen LogP contribution in [0.1, 0.15) is 47.9 Å². The van der Waals surface area contributed by atoms with Crippen molar-refractivity contribution < 1.29 is 0 Å². The van der Waals surface area contributed by atoms with Crippen LogP contribution < -0.4 is 5.32 Å². The molecule has 2 N–H and O–H groups in total. The van der Waals surface area contributed by atoms with Crippen molar-refractivity contribution in [3.05, 3.63) is 33.5 Å². The third-order valence-corrected chi connectivity index (χ3v) is 4.10. The van der Waals surface area contributed by atoms with Gasteiger partial charge in [0, 0.05) is 17.3 Å². The minimum absolute atomic E-state index is 0.185. The Morgan fingerprint density at radius 2 is 2.35 bits per heavy atom. The van der Waals surface area contributed by atoms with Gasteiger partial charge in [0.25, 0.3) is 0 Å². The first-order valence-electron chi connectivity index (χ1n) is 5.97. The smallest absolute Gasteiger partial charge is 0.153 e. The van der Waals surface area contributed by atoms with Crippen LogP contribution in [-0.2, 0) is 6.42 Å². The predicted molar refractivity (Wildman–Crippen MR) is 68.3 cm³/mol. The van der Waals surface area contributed by atoms with Gasteiger partial charge in [-0.3, -0.25) is 5.10 Å². The van der Waals surface area contributed by atoms with Gasteiger partial charge in [0.2, 0.25) is 0 Å². The SMILES string of the molecule is CC(C)c1n[nH]c(C2NCCc3sccc32)n1. The summed E-state index contributed by atoms with van der Waals surface area (Å²) in [4.78, 5) is 6.06. The van der Waals surface area contributed by atoms with Crippen LogP contribution in [0.4, 0.5) is 0 Å². The molecular weight excluding hydrogens is 232 g/mol. The Kier molecular flexibility index (Phi) is 2.72. The number of rotatable bonds is 2. The first kappa shape index (κ1) is 10.9. The summed E-state index contributed by atoms with van der Waals surface area (Å²) in [6.07, 6.45) is 1.12. The summed E-state index contributed by atoms with van der Waals surface area (Å²) in [6.45, 7) is 5.23. The quantitative estimate of drug-likeness (QED) is 0.857. The zero-order chi connectivity index (χ0) is 11.8. The van der Waals surface area contributed by atoms with E-state index >= 15 is 0 Å². The minimum atomic E-state index is 0.185. The lowest BCUT2D eigenvalue weighted by Gasteiger charge is -2.22. The number of nitrogens with one attached hydrogen (secondary N) is 2. The van der Waals surface area contributed by atoms with E-state index in [0.29, 0.717) is 5.92 Å². The maximum atomic E-state index is 4.59. The normalized spacial score (nSPS) is 19.6. The summed E-state index contributed by atoms with van der Waals surface area (Å²) in [7, 11) is 0. The Bertz CT molecular complexity index is 514. The number of aromatic nitrogens is 3. The summed E-state index contributed by atoms with van der Waals surface area (Å²) in [5, 5.41) is 13.0. The maximum absolute atomic E-state index is 4.59. The lowest BCUT2D eigenvalue weighted by molar-refractivity contribution is 0.551. The summed E-state index contributed by atoms with van der Waals surface area (Å²) in [6, 6.07) is 2.37. The van der Waals surface area contributed by atoms with Crippen LogP contribution in [0.15, 0.2) is 11.4 Å². The molecule has 0 amide bonds. The molecule has 2 aromatic heterocycles. The third-order valence-electron chi connectivity index (χ3n) is 3.10. The first-order valence-corrected chi connectivity index (χ1v) is 6.85. The summed E-state index contributed by atoms with van der Waals surface area (Å²) in [5.74, 6) is 2.20. The molecule has 5 heteroatoms. The molecule has 1 unspecified atom stereocenters. The fourth-order valence-electron chi connectivity index (χ4n) is 2.17. The van der Waals surface area contributed by atoms with E-state index in [0.717, 1.165) is 24.6 Å². The molecule has 4 nitrogen and oxygen atoms in total. The van der Waals surface area contributed by atoms with Crippen LogP contribution in [0.25, 0.3) is 0 Å². The summed E-state index contributed by atoms with van der Waals surface area (Å²) >= 11 is 1.83. The summed E-state index contributed by atoms with van der Waals surface area (Å²) in [5.41, 5.74) is 1.35. The number of hydrogen-bond acceptors (Lipinski definition) is 4. The molecule has 0 radical (unpaired) electrons. The number of hydrogen-bond donors (Lipinski definition) is 2. The van der Waals surface area contributed by atoms with Crippen LogP contribution in [0.5, 0.6) is 0 Å². The highest BCUT2D eigenvalue weighted by Gasteiger charge is 2.25.